The lowest BCUT2D eigenvalue weighted by molar-refractivity contribution is -0.121. The van der Waals surface area contributed by atoms with E-state index in [1.165, 1.54) is 12.8 Å². The lowest BCUT2D eigenvalue weighted by Gasteiger charge is -2.29. The van der Waals surface area contributed by atoms with Gasteiger partial charge < -0.3 is 4.74 Å². The standard InChI is InChI=1S/C11H18O2/c1-8-10(2-3-11(8)12)9-4-6-13-7-5-9/h8-10H,2-7H2,1H3. The van der Waals surface area contributed by atoms with Crippen LogP contribution in [0.2, 0.25) is 0 Å². The molecule has 0 amide bonds. The highest BCUT2D eigenvalue weighted by molar-refractivity contribution is 5.83. The van der Waals surface area contributed by atoms with E-state index in [9.17, 15) is 4.79 Å². The molecule has 1 saturated carbocycles. The number of hydrogen-bond donors (Lipinski definition) is 0. The lowest BCUT2D eigenvalue weighted by atomic mass is 9.80. The molecule has 2 fully saturated rings. The summed E-state index contributed by atoms with van der Waals surface area (Å²) in [6, 6.07) is 0. The molecule has 13 heavy (non-hydrogen) atoms. The number of Topliss-reactive ketones (excluding diaryl/α,β-unsaturated/α-hetero) is 1. The van der Waals surface area contributed by atoms with Gasteiger partial charge in [0.05, 0.1) is 0 Å². The molecule has 2 heteroatoms. The molecule has 74 valence electrons. The Morgan fingerprint density at radius 1 is 1.23 bits per heavy atom. The maximum absolute atomic E-state index is 11.4. The van der Waals surface area contributed by atoms with E-state index in [1.807, 2.05) is 0 Å². The van der Waals surface area contributed by atoms with Crippen molar-refractivity contribution in [2.45, 2.75) is 32.6 Å². The van der Waals surface area contributed by atoms with Gasteiger partial charge in [0.25, 0.3) is 0 Å². The summed E-state index contributed by atoms with van der Waals surface area (Å²) in [5.74, 6) is 2.23. The molecule has 2 unspecified atom stereocenters. The monoisotopic (exact) mass is 182 g/mol. The highest BCUT2D eigenvalue weighted by atomic mass is 16.5. The molecule has 1 saturated heterocycles. The van der Waals surface area contributed by atoms with E-state index in [-0.39, 0.29) is 0 Å². The van der Waals surface area contributed by atoms with Crippen LogP contribution in [0.15, 0.2) is 0 Å². The summed E-state index contributed by atoms with van der Waals surface area (Å²) in [6.45, 7) is 3.92. The van der Waals surface area contributed by atoms with E-state index >= 15 is 0 Å². The lowest BCUT2D eigenvalue weighted by Crippen LogP contribution is -2.26. The molecule has 1 aliphatic carbocycles. The van der Waals surface area contributed by atoms with Crippen molar-refractivity contribution in [3.63, 3.8) is 0 Å². The fourth-order valence-electron chi connectivity index (χ4n) is 2.81. The predicted octanol–water partition coefficient (Wildman–Crippen LogP) is 2.03. The van der Waals surface area contributed by atoms with Gasteiger partial charge in [-0.05, 0) is 31.1 Å². The summed E-state index contributed by atoms with van der Waals surface area (Å²) < 4.78 is 5.34. The predicted molar refractivity (Wildman–Crippen MR) is 50.4 cm³/mol. The van der Waals surface area contributed by atoms with Crippen molar-refractivity contribution in [2.75, 3.05) is 13.2 Å². The van der Waals surface area contributed by atoms with Gasteiger partial charge in [-0.3, -0.25) is 4.79 Å². The van der Waals surface area contributed by atoms with Gasteiger partial charge in [0.15, 0.2) is 0 Å². The van der Waals surface area contributed by atoms with Crippen LogP contribution in [0.4, 0.5) is 0 Å². The summed E-state index contributed by atoms with van der Waals surface area (Å²) in [5, 5.41) is 0. The van der Waals surface area contributed by atoms with Crippen molar-refractivity contribution in [3.05, 3.63) is 0 Å². The average molecular weight is 182 g/mol. The van der Waals surface area contributed by atoms with Crippen molar-refractivity contribution in [1.29, 1.82) is 0 Å². The van der Waals surface area contributed by atoms with Crippen molar-refractivity contribution in [2.24, 2.45) is 17.8 Å². The smallest absolute Gasteiger partial charge is 0.135 e. The zero-order chi connectivity index (χ0) is 9.26. The summed E-state index contributed by atoms with van der Waals surface area (Å²) in [6.07, 6.45) is 4.29. The molecule has 2 atom stereocenters. The molecular weight excluding hydrogens is 164 g/mol. The van der Waals surface area contributed by atoms with E-state index in [1.54, 1.807) is 0 Å². The SMILES string of the molecule is CC1C(=O)CCC1C1CCOCC1. The molecule has 2 aliphatic rings. The third-order valence-corrected chi connectivity index (χ3v) is 3.75. The molecule has 1 aliphatic heterocycles. The van der Waals surface area contributed by atoms with Crippen LogP contribution in [0, 0.1) is 17.8 Å². The Morgan fingerprint density at radius 3 is 2.46 bits per heavy atom. The number of carbonyl (C=O) groups excluding carboxylic acids is 1. The Balaban J connectivity index is 1.95. The van der Waals surface area contributed by atoms with Crippen LogP contribution in [-0.4, -0.2) is 19.0 Å². The van der Waals surface area contributed by atoms with E-state index in [4.69, 9.17) is 4.74 Å². The minimum Gasteiger partial charge on any atom is -0.381 e. The molecule has 0 aromatic rings. The highest BCUT2D eigenvalue weighted by Crippen LogP contribution is 2.38. The second-order valence-corrected chi connectivity index (χ2v) is 4.41. The molecule has 2 rings (SSSR count). The van der Waals surface area contributed by atoms with E-state index in [2.05, 4.69) is 6.92 Å². The van der Waals surface area contributed by atoms with E-state index in [0.29, 0.717) is 17.6 Å². The van der Waals surface area contributed by atoms with Crippen LogP contribution in [-0.2, 0) is 9.53 Å². The summed E-state index contributed by atoms with van der Waals surface area (Å²) in [5.41, 5.74) is 0. The van der Waals surface area contributed by atoms with Crippen molar-refractivity contribution >= 4 is 5.78 Å². The summed E-state index contributed by atoms with van der Waals surface area (Å²) in [4.78, 5) is 11.4. The maximum Gasteiger partial charge on any atom is 0.135 e. The van der Waals surface area contributed by atoms with Crippen LogP contribution < -0.4 is 0 Å². The minimum atomic E-state index is 0.322. The Bertz CT molecular complexity index is 194. The first-order valence-electron chi connectivity index (χ1n) is 5.39. The molecule has 0 aromatic heterocycles. The van der Waals surface area contributed by atoms with Crippen LogP contribution in [0.3, 0.4) is 0 Å². The third kappa shape index (κ3) is 1.78. The zero-order valence-corrected chi connectivity index (χ0v) is 8.29. The second kappa shape index (κ2) is 3.79. The molecular formula is C11H18O2. The fourth-order valence-corrected chi connectivity index (χ4v) is 2.81. The molecule has 0 radical (unpaired) electrons. The Morgan fingerprint density at radius 2 is 1.92 bits per heavy atom. The second-order valence-electron chi connectivity index (χ2n) is 4.41. The van der Waals surface area contributed by atoms with Crippen LogP contribution in [0.1, 0.15) is 32.6 Å². The van der Waals surface area contributed by atoms with Crippen molar-refractivity contribution in [1.82, 2.24) is 0 Å². The Kier molecular flexibility index (Phi) is 2.68. The average Bonchev–Trinajstić information content (AvgIpc) is 2.49. The summed E-state index contributed by atoms with van der Waals surface area (Å²) in [7, 11) is 0. The van der Waals surface area contributed by atoms with Gasteiger partial charge in [0, 0.05) is 25.6 Å². The van der Waals surface area contributed by atoms with E-state index < -0.39 is 0 Å². The van der Waals surface area contributed by atoms with Gasteiger partial charge in [-0.1, -0.05) is 6.92 Å². The van der Waals surface area contributed by atoms with Crippen LogP contribution in [0.5, 0.6) is 0 Å². The largest absolute Gasteiger partial charge is 0.381 e. The number of ether oxygens (including phenoxy) is 1. The van der Waals surface area contributed by atoms with E-state index in [0.717, 1.165) is 32.0 Å². The normalized spacial score (nSPS) is 36.8. The number of rotatable bonds is 1. The molecule has 0 spiro atoms. The van der Waals surface area contributed by atoms with Gasteiger partial charge in [-0.25, -0.2) is 0 Å². The van der Waals surface area contributed by atoms with Crippen molar-refractivity contribution in [3.8, 4) is 0 Å². The minimum absolute atomic E-state index is 0.322. The Labute approximate surface area is 79.7 Å². The first-order chi connectivity index (χ1) is 6.29. The molecule has 0 aromatic carbocycles. The fraction of sp³-hybridized carbons (Fsp3) is 0.909. The number of ketones is 1. The molecule has 0 N–H and O–H groups in total. The third-order valence-electron chi connectivity index (χ3n) is 3.75. The quantitative estimate of drug-likeness (QED) is 0.620. The topological polar surface area (TPSA) is 26.3 Å². The first-order valence-corrected chi connectivity index (χ1v) is 5.39. The van der Waals surface area contributed by atoms with Gasteiger partial charge in [0.2, 0.25) is 0 Å². The molecule has 1 heterocycles. The molecule has 0 bridgehead atoms. The Hall–Kier alpha value is -0.370. The van der Waals surface area contributed by atoms with Gasteiger partial charge in [-0.2, -0.15) is 0 Å². The van der Waals surface area contributed by atoms with Crippen molar-refractivity contribution < 1.29 is 9.53 Å². The number of hydrogen-bond acceptors (Lipinski definition) is 2. The molecule has 2 nitrogen and oxygen atoms in total. The first kappa shape index (κ1) is 9.20. The van der Waals surface area contributed by atoms with Gasteiger partial charge in [0.1, 0.15) is 5.78 Å². The summed E-state index contributed by atoms with van der Waals surface area (Å²) >= 11 is 0. The van der Waals surface area contributed by atoms with Gasteiger partial charge in [-0.15, -0.1) is 0 Å². The number of carbonyl (C=O) groups is 1. The highest BCUT2D eigenvalue weighted by Gasteiger charge is 2.36. The van der Waals surface area contributed by atoms with Gasteiger partial charge >= 0.3 is 0 Å². The zero-order valence-electron chi connectivity index (χ0n) is 8.29. The van der Waals surface area contributed by atoms with Crippen LogP contribution in [0.25, 0.3) is 0 Å². The maximum atomic E-state index is 11.4. The van der Waals surface area contributed by atoms with Crippen LogP contribution >= 0.6 is 0 Å².